The topological polar surface area (TPSA) is 38.1 Å². The molecule has 0 unspecified atom stereocenters. The Balaban J connectivity index is 2.26. The largest absolute Gasteiger partial charge is 0.390 e. The molecule has 0 aliphatic rings. The molecule has 2 aromatic rings. The molecule has 0 spiro atoms. The molecule has 0 bridgehead atoms. The number of rotatable bonds is 3. The van der Waals surface area contributed by atoms with Crippen molar-refractivity contribution >= 4 is 11.6 Å². The summed E-state index contributed by atoms with van der Waals surface area (Å²) in [7, 11) is 0. The van der Waals surface area contributed by atoms with Crippen molar-refractivity contribution in [3.63, 3.8) is 0 Å². The van der Waals surface area contributed by atoms with Crippen LogP contribution >= 0.6 is 11.6 Å². The maximum atomic E-state index is 9.17. The van der Waals surface area contributed by atoms with Crippen molar-refractivity contribution in [1.82, 2.24) is 9.55 Å². The first-order chi connectivity index (χ1) is 7.70. The van der Waals surface area contributed by atoms with E-state index in [9.17, 15) is 5.11 Å². The smallest absolute Gasteiger partial charge is 0.106 e. The molecule has 0 fully saturated rings. The molecule has 0 aliphatic carbocycles. The molecule has 3 nitrogen and oxygen atoms in total. The van der Waals surface area contributed by atoms with E-state index >= 15 is 0 Å². The highest BCUT2D eigenvalue weighted by molar-refractivity contribution is 6.30. The van der Waals surface area contributed by atoms with Crippen molar-refractivity contribution in [1.29, 1.82) is 0 Å². The zero-order valence-corrected chi connectivity index (χ0v) is 9.78. The van der Waals surface area contributed by atoms with Crippen molar-refractivity contribution in [2.45, 2.75) is 20.1 Å². The van der Waals surface area contributed by atoms with E-state index in [1.807, 2.05) is 35.8 Å². The third kappa shape index (κ3) is 2.26. The number of aromatic nitrogens is 2. The molecule has 1 aromatic heterocycles. The standard InChI is InChI=1S/C12H13ClN2O/c1-9-14-6-12(8-16)15(9)7-10-2-4-11(13)5-3-10/h2-6,16H,7-8H2,1H3. The van der Waals surface area contributed by atoms with Crippen LogP contribution in [-0.2, 0) is 13.2 Å². The Kier molecular flexibility index (Phi) is 3.27. The van der Waals surface area contributed by atoms with E-state index < -0.39 is 0 Å². The highest BCUT2D eigenvalue weighted by Crippen LogP contribution is 2.13. The van der Waals surface area contributed by atoms with Gasteiger partial charge in [-0.1, -0.05) is 23.7 Å². The number of benzene rings is 1. The maximum Gasteiger partial charge on any atom is 0.106 e. The highest BCUT2D eigenvalue weighted by atomic mass is 35.5. The van der Waals surface area contributed by atoms with E-state index in [0.29, 0.717) is 6.54 Å². The Morgan fingerprint density at radius 1 is 1.31 bits per heavy atom. The molecule has 0 saturated carbocycles. The number of aliphatic hydroxyl groups is 1. The second-order valence-electron chi connectivity index (χ2n) is 3.67. The number of hydrogen-bond donors (Lipinski definition) is 1. The van der Waals surface area contributed by atoms with Gasteiger partial charge in [-0.15, -0.1) is 0 Å². The fourth-order valence-electron chi connectivity index (χ4n) is 1.63. The molecule has 2 rings (SSSR count). The van der Waals surface area contributed by atoms with Gasteiger partial charge in [-0.3, -0.25) is 0 Å². The van der Waals surface area contributed by atoms with E-state index in [0.717, 1.165) is 22.1 Å². The van der Waals surface area contributed by atoms with Crippen LogP contribution in [0.25, 0.3) is 0 Å². The molecule has 0 aliphatic heterocycles. The first-order valence-corrected chi connectivity index (χ1v) is 5.45. The third-order valence-electron chi connectivity index (χ3n) is 2.55. The number of halogens is 1. The van der Waals surface area contributed by atoms with Gasteiger partial charge in [0.15, 0.2) is 0 Å². The predicted molar refractivity (Wildman–Crippen MR) is 63.4 cm³/mol. The molecule has 1 heterocycles. The second kappa shape index (κ2) is 4.68. The van der Waals surface area contributed by atoms with Gasteiger partial charge in [0.2, 0.25) is 0 Å². The monoisotopic (exact) mass is 236 g/mol. The van der Waals surface area contributed by atoms with Crippen LogP contribution in [0.5, 0.6) is 0 Å². The quantitative estimate of drug-likeness (QED) is 0.889. The van der Waals surface area contributed by atoms with E-state index in [-0.39, 0.29) is 6.61 Å². The third-order valence-corrected chi connectivity index (χ3v) is 2.81. The number of imidazole rings is 1. The minimum absolute atomic E-state index is 0.00836. The van der Waals surface area contributed by atoms with Crippen LogP contribution in [0.2, 0.25) is 5.02 Å². The van der Waals surface area contributed by atoms with Crippen LogP contribution in [0.3, 0.4) is 0 Å². The molecule has 1 aromatic carbocycles. The lowest BCUT2D eigenvalue weighted by Crippen LogP contribution is -2.06. The number of aryl methyl sites for hydroxylation is 1. The van der Waals surface area contributed by atoms with Gasteiger partial charge in [0.1, 0.15) is 5.82 Å². The van der Waals surface area contributed by atoms with E-state index in [4.69, 9.17) is 11.6 Å². The molecular formula is C12H13ClN2O. The van der Waals surface area contributed by atoms with Crippen LogP contribution in [0.1, 0.15) is 17.1 Å². The first kappa shape index (κ1) is 11.2. The minimum atomic E-state index is 0.00836. The van der Waals surface area contributed by atoms with Gasteiger partial charge in [-0.2, -0.15) is 0 Å². The Morgan fingerprint density at radius 2 is 2.00 bits per heavy atom. The van der Waals surface area contributed by atoms with Crippen LogP contribution in [-0.4, -0.2) is 14.7 Å². The fourth-order valence-corrected chi connectivity index (χ4v) is 1.76. The van der Waals surface area contributed by atoms with Crippen LogP contribution in [0, 0.1) is 6.92 Å². The Morgan fingerprint density at radius 3 is 2.62 bits per heavy atom. The summed E-state index contributed by atoms with van der Waals surface area (Å²) in [6, 6.07) is 7.68. The van der Waals surface area contributed by atoms with Gasteiger partial charge in [0, 0.05) is 11.6 Å². The summed E-state index contributed by atoms with van der Waals surface area (Å²) in [6.45, 7) is 2.64. The summed E-state index contributed by atoms with van der Waals surface area (Å²) in [4.78, 5) is 4.18. The van der Waals surface area contributed by atoms with Crippen molar-refractivity contribution in [2.75, 3.05) is 0 Å². The van der Waals surface area contributed by atoms with E-state index in [1.54, 1.807) is 6.20 Å². The molecule has 0 atom stereocenters. The minimum Gasteiger partial charge on any atom is -0.390 e. The normalized spacial score (nSPS) is 10.7. The first-order valence-electron chi connectivity index (χ1n) is 5.07. The average molecular weight is 237 g/mol. The summed E-state index contributed by atoms with van der Waals surface area (Å²) >= 11 is 5.82. The molecule has 0 saturated heterocycles. The Labute approximate surface area is 99.3 Å². The number of aliphatic hydroxyl groups excluding tert-OH is 1. The zero-order valence-electron chi connectivity index (χ0n) is 9.02. The summed E-state index contributed by atoms with van der Waals surface area (Å²) < 4.78 is 1.99. The number of hydrogen-bond acceptors (Lipinski definition) is 2. The van der Waals surface area contributed by atoms with Gasteiger partial charge in [0.25, 0.3) is 0 Å². The summed E-state index contributed by atoms with van der Waals surface area (Å²) in [5.41, 5.74) is 1.97. The lowest BCUT2D eigenvalue weighted by Gasteiger charge is -2.08. The average Bonchev–Trinajstić information content (AvgIpc) is 2.63. The van der Waals surface area contributed by atoms with Crippen molar-refractivity contribution in [2.24, 2.45) is 0 Å². The van der Waals surface area contributed by atoms with Gasteiger partial charge in [-0.05, 0) is 24.6 Å². The van der Waals surface area contributed by atoms with Crippen LogP contribution in [0.15, 0.2) is 30.5 Å². The molecule has 16 heavy (non-hydrogen) atoms. The zero-order chi connectivity index (χ0) is 11.5. The predicted octanol–water partition coefficient (Wildman–Crippen LogP) is 2.39. The Bertz CT molecular complexity index is 476. The van der Waals surface area contributed by atoms with Gasteiger partial charge in [0.05, 0.1) is 18.5 Å². The van der Waals surface area contributed by atoms with Crippen molar-refractivity contribution in [3.05, 3.63) is 52.6 Å². The van der Waals surface area contributed by atoms with Crippen molar-refractivity contribution < 1.29 is 5.11 Å². The summed E-state index contributed by atoms with van der Waals surface area (Å²) in [5, 5.41) is 9.90. The number of nitrogens with zero attached hydrogens (tertiary/aromatic N) is 2. The van der Waals surface area contributed by atoms with Gasteiger partial charge >= 0.3 is 0 Å². The highest BCUT2D eigenvalue weighted by Gasteiger charge is 2.05. The van der Waals surface area contributed by atoms with E-state index in [2.05, 4.69) is 4.98 Å². The van der Waals surface area contributed by atoms with Crippen LogP contribution in [0.4, 0.5) is 0 Å². The van der Waals surface area contributed by atoms with E-state index in [1.165, 1.54) is 0 Å². The fraction of sp³-hybridized carbons (Fsp3) is 0.250. The Hall–Kier alpha value is -1.32. The molecule has 84 valence electrons. The summed E-state index contributed by atoms with van der Waals surface area (Å²) in [5.74, 6) is 0.902. The molecule has 0 radical (unpaired) electrons. The maximum absolute atomic E-state index is 9.17. The SMILES string of the molecule is Cc1ncc(CO)n1Cc1ccc(Cl)cc1. The van der Waals surface area contributed by atoms with Gasteiger partial charge in [-0.25, -0.2) is 4.98 Å². The lowest BCUT2D eigenvalue weighted by molar-refractivity contribution is 0.271. The second-order valence-corrected chi connectivity index (χ2v) is 4.10. The van der Waals surface area contributed by atoms with Gasteiger partial charge < -0.3 is 9.67 Å². The molecule has 4 heteroatoms. The lowest BCUT2D eigenvalue weighted by atomic mass is 10.2. The molecule has 1 N–H and O–H groups in total. The van der Waals surface area contributed by atoms with Crippen molar-refractivity contribution in [3.8, 4) is 0 Å². The summed E-state index contributed by atoms with van der Waals surface area (Å²) in [6.07, 6.45) is 1.70. The molecular weight excluding hydrogens is 224 g/mol. The van der Waals surface area contributed by atoms with Crippen LogP contribution < -0.4 is 0 Å². The molecule has 0 amide bonds.